The third kappa shape index (κ3) is 3.14. The van der Waals surface area contributed by atoms with E-state index in [0.717, 1.165) is 29.9 Å². The number of rotatable bonds is 2. The molecule has 2 aromatic rings. The zero-order valence-corrected chi connectivity index (χ0v) is 16.6. The topological polar surface area (TPSA) is 58.1 Å². The molecule has 1 aromatic heterocycles. The van der Waals surface area contributed by atoms with Crippen LogP contribution in [0.3, 0.4) is 0 Å². The van der Waals surface area contributed by atoms with Gasteiger partial charge in [0.15, 0.2) is 0 Å². The zero-order chi connectivity index (χ0) is 19.1. The largest absolute Gasteiger partial charge is 0.316 e. The van der Waals surface area contributed by atoms with E-state index in [1.54, 1.807) is 0 Å². The number of hydrogen-bond donors (Lipinski definition) is 1. The Hall–Kier alpha value is -1.88. The molecule has 5 nitrogen and oxygen atoms in total. The van der Waals surface area contributed by atoms with E-state index in [0.29, 0.717) is 12.1 Å². The summed E-state index contributed by atoms with van der Waals surface area (Å²) in [4.78, 5) is 30.6. The highest BCUT2D eigenvalue weighted by Gasteiger charge is 2.44. The molecule has 0 spiro atoms. The summed E-state index contributed by atoms with van der Waals surface area (Å²) in [5.41, 5.74) is 0.758. The second-order valence-electron chi connectivity index (χ2n) is 9.10. The van der Waals surface area contributed by atoms with Gasteiger partial charge in [-0.3, -0.25) is 19.1 Å². The number of hydrogen-bond acceptors (Lipinski definition) is 3. The molecule has 28 heavy (non-hydrogen) atoms. The van der Waals surface area contributed by atoms with Gasteiger partial charge in [-0.1, -0.05) is 44.2 Å². The lowest BCUT2D eigenvalue weighted by Gasteiger charge is -2.44. The van der Waals surface area contributed by atoms with E-state index in [4.69, 9.17) is 0 Å². The Morgan fingerprint density at radius 1 is 0.750 bits per heavy atom. The van der Waals surface area contributed by atoms with Crippen LogP contribution in [0.5, 0.6) is 0 Å². The summed E-state index contributed by atoms with van der Waals surface area (Å²) in [6.45, 7) is 0. The van der Waals surface area contributed by atoms with Crippen LogP contribution in [0, 0.1) is 0 Å². The third-order valence-electron chi connectivity index (χ3n) is 7.45. The Morgan fingerprint density at radius 3 is 2.11 bits per heavy atom. The van der Waals surface area contributed by atoms with E-state index in [9.17, 15) is 9.59 Å². The molecule has 0 amide bonds. The summed E-state index contributed by atoms with van der Waals surface area (Å²) < 4.78 is 1.81. The molecular weight excluding hydrogens is 350 g/mol. The Morgan fingerprint density at radius 2 is 1.39 bits per heavy atom. The summed E-state index contributed by atoms with van der Waals surface area (Å²) >= 11 is 0. The van der Waals surface area contributed by atoms with E-state index in [-0.39, 0.29) is 11.6 Å². The quantitative estimate of drug-likeness (QED) is 0.801. The number of aromatic amines is 1. The first-order valence-corrected chi connectivity index (χ1v) is 11.2. The van der Waals surface area contributed by atoms with Crippen LogP contribution >= 0.6 is 0 Å². The maximum absolute atomic E-state index is 12.8. The molecule has 0 radical (unpaired) electrons. The van der Waals surface area contributed by atoms with Crippen LogP contribution in [0.2, 0.25) is 0 Å². The van der Waals surface area contributed by atoms with Crippen LogP contribution in [-0.2, 0) is 0 Å². The van der Waals surface area contributed by atoms with Crippen molar-refractivity contribution >= 4 is 11.0 Å². The molecular formula is C23H31N3O2. The van der Waals surface area contributed by atoms with E-state index in [1.807, 2.05) is 28.8 Å². The SMILES string of the molecule is O=c1[nH]c2ccccc2n([C@H]2CC3CC[C@@H](C2)N3C2CCCCCCC2)c1=O. The Balaban J connectivity index is 1.45. The molecule has 2 bridgehead atoms. The predicted octanol–water partition coefficient (Wildman–Crippen LogP) is 3.97. The minimum atomic E-state index is -0.492. The van der Waals surface area contributed by atoms with Crippen molar-refractivity contribution in [3.05, 3.63) is 45.0 Å². The third-order valence-corrected chi connectivity index (χ3v) is 7.45. The van der Waals surface area contributed by atoms with Gasteiger partial charge in [-0.05, 0) is 50.7 Å². The molecule has 5 heteroatoms. The Labute approximate surface area is 165 Å². The van der Waals surface area contributed by atoms with Crippen LogP contribution in [0.15, 0.2) is 33.9 Å². The summed E-state index contributed by atoms with van der Waals surface area (Å²) in [5, 5.41) is 0. The van der Waals surface area contributed by atoms with Gasteiger partial charge in [0.1, 0.15) is 0 Å². The van der Waals surface area contributed by atoms with Crippen molar-refractivity contribution in [1.82, 2.24) is 14.5 Å². The number of aromatic nitrogens is 2. The fourth-order valence-corrected chi connectivity index (χ4v) is 6.27. The molecule has 3 heterocycles. The van der Waals surface area contributed by atoms with Crippen LogP contribution in [0.25, 0.3) is 11.0 Å². The molecule has 2 aliphatic heterocycles. The van der Waals surface area contributed by atoms with Crippen molar-refractivity contribution in [1.29, 1.82) is 0 Å². The van der Waals surface area contributed by atoms with Gasteiger partial charge in [-0.25, -0.2) is 0 Å². The molecule has 5 rings (SSSR count). The molecule has 150 valence electrons. The van der Waals surface area contributed by atoms with Gasteiger partial charge >= 0.3 is 11.1 Å². The van der Waals surface area contributed by atoms with Gasteiger partial charge in [0.25, 0.3) is 0 Å². The van der Waals surface area contributed by atoms with Crippen molar-refractivity contribution in [3.8, 4) is 0 Å². The normalized spacial score (nSPS) is 29.6. The highest BCUT2D eigenvalue weighted by atomic mass is 16.2. The number of nitrogens with one attached hydrogen (secondary N) is 1. The maximum Gasteiger partial charge on any atom is 0.316 e. The van der Waals surface area contributed by atoms with Gasteiger partial charge in [-0.15, -0.1) is 0 Å². The van der Waals surface area contributed by atoms with E-state index in [1.165, 1.54) is 57.8 Å². The van der Waals surface area contributed by atoms with Crippen LogP contribution in [0.1, 0.15) is 76.7 Å². The molecule has 3 aliphatic rings. The zero-order valence-electron chi connectivity index (χ0n) is 16.6. The predicted molar refractivity (Wildman–Crippen MR) is 112 cm³/mol. The number of H-pyrrole nitrogens is 1. The van der Waals surface area contributed by atoms with Gasteiger partial charge in [0.05, 0.1) is 11.0 Å². The number of nitrogens with zero attached hydrogens (tertiary/aromatic N) is 2. The second-order valence-corrected chi connectivity index (χ2v) is 9.10. The highest BCUT2D eigenvalue weighted by Crippen LogP contribution is 2.43. The second kappa shape index (κ2) is 7.51. The molecule has 1 unspecified atom stereocenters. The van der Waals surface area contributed by atoms with Crippen molar-refractivity contribution in [2.75, 3.05) is 0 Å². The fraction of sp³-hybridized carbons (Fsp3) is 0.652. The van der Waals surface area contributed by atoms with Crippen LogP contribution in [0.4, 0.5) is 0 Å². The van der Waals surface area contributed by atoms with Gasteiger partial charge in [-0.2, -0.15) is 0 Å². The van der Waals surface area contributed by atoms with E-state index in [2.05, 4.69) is 9.88 Å². The Bertz CT molecular complexity index is 940. The van der Waals surface area contributed by atoms with Gasteiger partial charge < -0.3 is 4.98 Å². The summed E-state index contributed by atoms with van der Waals surface area (Å²) in [6.07, 6.45) is 14.1. The number of fused-ring (bicyclic) bond motifs is 3. The van der Waals surface area contributed by atoms with E-state index < -0.39 is 5.56 Å². The molecule has 1 saturated carbocycles. The molecule has 3 fully saturated rings. The molecule has 3 atom stereocenters. The van der Waals surface area contributed by atoms with Crippen molar-refractivity contribution in [3.63, 3.8) is 0 Å². The van der Waals surface area contributed by atoms with Gasteiger partial charge in [0, 0.05) is 24.2 Å². The van der Waals surface area contributed by atoms with Crippen LogP contribution in [-0.4, -0.2) is 32.6 Å². The minimum Gasteiger partial charge on any atom is -0.316 e. The lowest BCUT2D eigenvalue weighted by atomic mass is 9.89. The lowest BCUT2D eigenvalue weighted by Crippen LogP contribution is -2.51. The standard InChI is InChI=1S/C23H31N3O2/c27-22-23(28)26(21-11-7-6-10-20(21)24-22)19-14-17-12-13-18(15-19)25(17)16-8-4-2-1-3-5-9-16/h6-7,10-11,16-19H,1-5,8-9,12-15H2,(H,24,27)/t17-,18?,19+/m0/s1. The number of benzene rings is 1. The van der Waals surface area contributed by atoms with Crippen LogP contribution < -0.4 is 11.1 Å². The number of piperidine rings is 1. The van der Waals surface area contributed by atoms with E-state index >= 15 is 0 Å². The summed E-state index contributed by atoms with van der Waals surface area (Å²) in [7, 11) is 0. The van der Waals surface area contributed by atoms with Crippen molar-refractivity contribution in [2.45, 2.75) is 94.8 Å². The monoisotopic (exact) mass is 381 g/mol. The number of para-hydroxylation sites is 2. The first-order chi connectivity index (χ1) is 13.7. The molecule has 1 aromatic carbocycles. The highest BCUT2D eigenvalue weighted by molar-refractivity contribution is 5.74. The Kier molecular flexibility index (Phi) is 4.87. The summed E-state index contributed by atoms with van der Waals surface area (Å²) in [5.74, 6) is 0. The van der Waals surface area contributed by atoms with Crippen molar-refractivity contribution < 1.29 is 0 Å². The minimum absolute atomic E-state index is 0.141. The maximum atomic E-state index is 12.8. The molecule has 1 aliphatic carbocycles. The average Bonchev–Trinajstić information content (AvgIpc) is 2.92. The molecule has 1 N–H and O–H groups in total. The fourth-order valence-electron chi connectivity index (χ4n) is 6.27. The average molecular weight is 382 g/mol. The smallest absolute Gasteiger partial charge is 0.316 e. The van der Waals surface area contributed by atoms with Crippen molar-refractivity contribution in [2.24, 2.45) is 0 Å². The first kappa shape index (κ1) is 18.2. The summed E-state index contributed by atoms with van der Waals surface area (Å²) in [6, 6.07) is 9.73. The lowest BCUT2D eigenvalue weighted by molar-refractivity contribution is 0.0497. The molecule has 2 saturated heterocycles. The van der Waals surface area contributed by atoms with Gasteiger partial charge in [0.2, 0.25) is 0 Å². The first-order valence-electron chi connectivity index (χ1n) is 11.2.